The standard InChI is InChI=1S/C14H16BrNO/c1-10-5-3-4-6-13(10)11(2)16-9-12-7-8-14(15)17-12/h3-8,11,16H,9H2,1-2H3/t11-/m1/s1. The normalized spacial score (nSPS) is 12.6. The third-order valence-corrected chi connectivity index (χ3v) is 3.29. The van der Waals surface area contributed by atoms with E-state index in [-0.39, 0.29) is 0 Å². The van der Waals surface area contributed by atoms with Crippen molar-refractivity contribution >= 4 is 15.9 Å². The second kappa shape index (κ2) is 5.52. The van der Waals surface area contributed by atoms with Gasteiger partial charge in [0.05, 0.1) is 6.54 Å². The monoisotopic (exact) mass is 293 g/mol. The van der Waals surface area contributed by atoms with Crippen LogP contribution in [0.4, 0.5) is 0 Å². The summed E-state index contributed by atoms with van der Waals surface area (Å²) in [6.07, 6.45) is 0. The Hall–Kier alpha value is -1.06. The molecule has 0 aliphatic carbocycles. The summed E-state index contributed by atoms with van der Waals surface area (Å²) in [6, 6.07) is 12.6. The average Bonchev–Trinajstić information content (AvgIpc) is 2.73. The van der Waals surface area contributed by atoms with E-state index in [4.69, 9.17) is 4.42 Å². The molecule has 3 heteroatoms. The van der Waals surface area contributed by atoms with Gasteiger partial charge in [0.1, 0.15) is 5.76 Å². The zero-order valence-electron chi connectivity index (χ0n) is 10.0. The highest BCUT2D eigenvalue weighted by Gasteiger charge is 2.08. The van der Waals surface area contributed by atoms with Crippen molar-refractivity contribution in [1.82, 2.24) is 5.32 Å². The van der Waals surface area contributed by atoms with Gasteiger partial charge in [-0.2, -0.15) is 0 Å². The molecule has 0 radical (unpaired) electrons. The Kier molecular flexibility index (Phi) is 4.02. The van der Waals surface area contributed by atoms with Crippen LogP contribution in [0, 0.1) is 6.92 Å². The Bertz CT molecular complexity index is 492. The van der Waals surface area contributed by atoms with Crippen molar-refractivity contribution in [3.63, 3.8) is 0 Å². The van der Waals surface area contributed by atoms with Gasteiger partial charge in [-0.05, 0) is 53.0 Å². The molecule has 1 aromatic heterocycles. The van der Waals surface area contributed by atoms with Crippen LogP contribution in [0.1, 0.15) is 29.9 Å². The lowest BCUT2D eigenvalue weighted by molar-refractivity contribution is 0.446. The first-order valence-electron chi connectivity index (χ1n) is 5.70. The highest BCUT2D eigenvalue weighted by Crippen LogP contribution is 2.18. The predicted octanol–water partition coefficient (Wildman–Crippen LogP) is 4.20. The third kappa shape index (κ3) is 3.20. The fourth-order valence-electron chi connectivity index (χ4n) is 1.88. The van der Waals surface area contributed by atoms with E-state index in [1.165, 1.54) is 11.1 Å². The number of furan rings is 1. The molecule has 2 rings (SSSR count). The minimum Gasteiger partial charge on any atom is -0.453 e. The minimum absolute atomic E-state index is 0.320. The molecule has 0 unspecified atom stereocenters. The van der Waals surface area contributed by atoms with E-state index in [1.54, 1.807) is 0 Å². The van der Waals surface area contributed by atoms with E-state index in [1.807, 2.05) is 12.1 Å². The Morgan fingerprint density at radius 1 is 1.24 bits per heavy atom. The topological polar surface area (TPSA) is 25.2 Å². The van der Waals surface area contributed by atoms with Gasteiger partial charge in [-0.25, -0.2) is 0 Å². The highest BCUT2D eigenvalue weighted by molar-refractivity contribution is 9.10. The van der Waals surface area contributed by atoms with Gasteiger partial charge in [0.15, 0.2) is 4.67 Å². The molecule has 0 amide bonds. The Balaban J connectivity index is 1.98. The van der Waals surface area contributed by atoms with Crippen LogP contribution in [0.15, 0.2) is 45.5 Å². The number of hydrogen-bond acceptors (Lipinski definition) is 2. The lowest BCUT2D eigenvalue weighted by Crippen LogP contribution is -2.18. The molecular weight excluding hydrogens is 278 g/mol. The first-order valence-corrected chi connectivity index (χ1v) is 6.49. The molecule has 1 atom stereocenters. The second-order valence-corrected chi connectivity index (χ2v) is 4.95. The van der Waals surface area contributed by atoms with Crippen molar-refractivity contribution in [2.45, 2.75) is 26.4 Å². The molecule has 2 nitrogen and oxygen atoms in total. The maximum Gasteiger partial charge on any atom is 0.169 e. The highest BCUT2D eigenvalue weighted by atomic mass is 79.9. The summed E-state index contributed by atoms with van der Waals surface area (Å²) in [5, 5.41) is 3.45. The van der Waals surface area contributed by atoms with Crippen LogP contribution in [0.2, 0.25) is 0 Å². The molecule has 0 bridgehead atoms. The molecule has 0 saturated carbocycles. The average molecular weight is 294 g/mol. The molecule has 0 saturated heterocycles. The van der Waals surface area contributed by atoms with Gasteiger partial charge in [-0.3, -0.25) is 0 Å². The Morgan fingerprint density at radius 2 is 2.00 bits per heavy atom. The summed E-state index contributed by atoms with van der Waals surface area (Å²) in [4.78, 5) is 0. The van der Waals surface area contributed by atoms with Gasteiger partial charge < -0.3 is 9.73 Å². The SMILES string of the molecule is Cc1ccccc1[C@@H](C)NCc1ccc(Br)o1. The number of benzene rings is 1. The van der Waals surface area contributed by atoms with Crippen LogP contribution in [0.3, 0.4) is 0 Å². The zero-order valence-corrected chi connectivity index (χ0v) is 11.6. The van der Waals surface area contributed by atoms with E-state index in [2.05, 4.69) is 59.4 Å². The minimum atomic E-state index is 0.320. The lowest BCUT2D eigenvalue weighted by atomic mass is 10.0. The largest absolute Gasteiger partial charge is 0.453 e. The molecule has 0 fully saturated rings. The molecule has 0 aliphatic heterocycles. The smallest absolute Gasteiger partial charge is 0.169 e. The van der Waals surface area contributed by atoms with Crippen molar-refractivity contribution in [1.29, 1.82) is 0 Å². The van der Waals surface area contributed by atoms with Crippen LogP contribution < -0.4 is 5.32 Å². The summed E-state index contributed by atoms with van der Waals surface area (Å²) < 4.78 is 6.23. The fraction of sp³-hybridized carbons (Fsp3) is 0.286. The predicted molar refractivity (Wildman–Crippen MR) is 72.8 cm³/mol. The van der Waals surface area contributed by atoms with Gasteiger partial charge in [-0.15, -0.1) is 0 Å². The van der Waals surface area contributed by atoms with Crippen LogP contribution in [0.5, 0.6) is 0 Å². The maximum atomic E-state index is 5.45. The van der Waals surface area contributed by atoms with E-state index in [0.717, 1.165) is 17.0 Å². The first-order chi connectivity index (χ1) is 8.16. The zero-order chi connectivity index (χ0) is 12.3. The van der Waals surface area contributed by atoms with E-state index >= 15 is 0 Å². The molecule has 1 heterocycles. The van der Waals surface area contributed by atoms with Crippen LogP contribution in [-0.2, 0) is 6.54 Å². The first kappa shape index (κ1) is 12.4. The molecule has 1 aromatic carbocycles. The summed E-state index contributed by atoms with van der Waals surface area (Å²) in [5.74, 6) is 0.942. The number of hydrogen-bond donors (Lipinski definition) is 1. The van der Waals surface area contributed by atoms with Crippen LogP contribution >= 0.6 is 15.9 Å². The quantitative estimate of drug-likeness (QED) is 0.914. The molecule has 90 valence electrons. The summed E-state index contributed by atoms with van der Waals surface area (Å²) >= 11 is 3.30. The molecule has 1 N–H and O–H groups in total. The van der Waals surface area contributed by atoms with Gasteiger partial charge in [0.2, 0.25) is 0 Å². The van der Waals surface area contributed by atoms with Crippen LogP contribution in [-0.4, -0.2) is 0 Å². The molecular formula is C14H16BrNO. The fourth-order valence-corrected chi connectivity index (χ4v) is 2.22. The second-order valence-electron chi connectivity index (χ2n) is 4.16. The molecule has 2 aromatic rings. The third-order valence-electron chi connectivity index (χ3n) is 2.87. The summed E-state index contributed by atoms with van der Waals surface area (Å²) in [6.45, 7) is 5.04. The van der Waals surface area contributed by atoms with Gasteiger partial charge in [0.25, 0.3) is 0 Å². The summed E-state index contributed by atoms with van der Waals surface area (Å²) in [5.41, 5.74) is 2.64. The van der Waals surface area contributed by atoms with Crippen LogP contribution in [0.25, 0.3) is 0 Å². The number of halogens is 1. The van der Waals surface area contributed by atoms with Crippen molar-refractivity contribution in [2.24, 2.45) is 0 Å². The Labute approximate surface area is 110 Å². The van der Waals surface area contributed by atoms with E-state index < -0.39 is 0 Å². The summed E-state index contributed by atoms with van der Waals surface area (Å²) in [7, 11) is 0. The molecule has 0 spiro atoms. The van der Waals surface area contributed by atoms with Crippen molar-refractivity contribution < 1.29 is 4.42 Å². The van der Waals surface area contributed by atoms with E-state index in [9.17, 15) is 0 Å². The van der Waals surface area contributed by atoms with Gasteiger partial charge in [0, 0.05) is 6.04 Å². The Morgan fingerprint density at radius 3 is 2.65 bits per heavy atom. The molecule has 0 aliphatic rings. The number of aryl methyl sites for hydroxylation is 1. The van der Waals surface area contributed by atoms with E-state index in [0.29, 0.717) is 6.04 Å². The van der Waals surface area contributed by atoms with Gasteiger partial charge in [-0.1, -0.05) is 24.3 Å². The van der Waals surface area contributed by atoms with Crippen molar-refractivity contribution in [2.75, 3.05) is 0 Å². The number of nitrogens with one attached hydrogen (secondary N) is 1. The number of rotatable bonds is 4. The van der Waals surface area contributed by atoms with Crippen molar-refractivity contribution in [3.05, 3.63) is 58.0 Å². The molecule has 17 heavy (non-hydrogen) atoms. The lowest BCUT2D eigenvalue weighted by Gasteiger charge is -2.15. The van der Waals surface area contributed by atoms with Crippen molar-refractivity contribution in [3.8, 4) is 0 Å². The van der Waals surface area contributed by atoms with Gasteiger partial charge >= 0.3 is 0 Å². The maximum absolute atomic E-state index is 5.45.